The number of benzene rings is 1. The Morgan fingerprint density at radius 1 is 1.48 bits per heavy atom. The number of aryl methyl sites for hydroxylation is 1. The molecule has 1 aliphatic heterocycles. The number of hydrogen-bond donors (Lipinski definition) is 2. The first-order valence-electron chi connectivity index (χ1n) is 6.96. The summed E-state index contributed by atoms with van der Waals surface area (Å²) in [4.78, 5) is 24.8. The Labute approximate surface area is 128 Å². The molecule has 6 heteroatoms. The standard InChI is InChI=1S/C15H20N2O3S/c1-11-3-2-4-12(7-11)9-16-15(20)17-5-6-21-10-13(17)8-14(18)19/h2-4,7,13H,5-6,8-10H2,1H3,(H,16,20)(H,18,19). The molecule has 0 aromatic heterocycles. The first kappa shape index (κ1) is 15.7. The summed E-state index contributed by atoms with van der Waals surface area (Å²) in [5.41, 5.74) is 2.20. The van der Waals surface area contributed by atoms with Gasteiger partial charge in [0, 0.05) is 24.6 Å². The Balaban J connectivity index is 1.92. The minimum atomic E-state index is -0.862. The van der Waals surface area contributed by atoms with Gasteiger partial charge in [0.25, 0.3) is 0 Å². The summed E-state index contributed by atoms with van der Waals surface area (Å²) in [6, 6.07) is 7.56. The van der Waals surface area contributed by atoms with Crippen LogP contribution in [0.3, 0.4) is 0 Å². The first-order valence-corrected chi connectivity index (χ1v) is 8.11. The van der Waals surface area contributed by atoms with E-state index in [9.17, 15) is 9.59 Å². The molecular formula is C15H20N2O3S. The van der Waals surface area contributed by atoms with E-state index in [1.54, 1.807) is 16.7 Å². The van der Waals surface area contributed by atoms with Crippen LogP contribution in [0.25, 0.3) is 0 Å². The molecule has 114 valence electrons. The lowest BCUT2D eigenvalue weighted by molar-refractivity contribution is -0.138. The number of carboxylic acid groups (broad SMARTS) is 1. The largest absolute Gasteiger partial charge is 0.481 e. The fraction of sp³-hybridized carbons (Fsp3) is 0.467. The number of amides is 2. The Hall–Kier alpha value is -1.69. The predicted octanol–water partition coefficient (Wildman–Crippen LogP) is 2.10. The fourth-order valence-corrected chi connectivity index (χ4v) is 3.46. The van der Waals surface area contributed by atoms with Crippen LogP contribution in [-0.2, 0) is 11.3 Å². The van der Waals surface area contributed by atoms with Crippen LogP contribution in [-0.4, -0.2) is 46.1 Å². The number of carboxylic acids is 1. The van der Waals surface area contributed by atoms with Crippen molar-refractivity contribution in [2.75, 3.05) is 18.1 Å². The van der Waals surface area contributed by atoms with Crippen LogP contribution in [0.2, 0.25) is 0 Å². The number of thioether (sulfide) groups is 1. The zero-order valence-electron chi connectivity index (χ0n) is 12.0. The van der Waals surface area contributed by atoms with Gasteiger partial charge in [-0.1, -0.05) is 29.8 Å². The summed E-state index contributed by atoms with van der Waals surface area (Å²) in [5.74, 6) is 0.678. The van der Waals surface area contributed by atoms with E-state index in [0.29, 0.717) is 18.8 Å². The second kappa shape index (κ2) is 7.36. The summed E-state index contributed by atoms with van der Waals surface area (Å²) < 4.78 is 0. The molecule has 5 nitrogen and oxygen atoms in total. The molecule has 1 heterocycles. The van der Waals surface area contributed by atoms with Gasteiger partial charge in [-0.3, -0.25) is 4.79 Å². The lowest BCUT2D eigenvalue weighted by atomic mass is 10.1. The second-order valence-corrected chi connectivity index (χ2v) is 6.32. The smallest absolute Gasteiger partial charge is 0.317 e. The molecule has 21 heavy (non-hydrogen) atoms. The maximum Gasteiger partial charge on any atom is 0.317 e. The minimum Gasteiger partial charge on any atom is -0.481 e. The van der Waals surface area contributed by atoms with Crippen molar-refractivity contribution in [3.8, 4) is 0 Å². The molecule has 0 saturated carbocycles. The average Bonchev–Trinajstić information content (AvgIpc) is 2.45. The van der Waals surface area contributed by atoms with Crippen molar-refractivity contribution in [2.45, 2.75) is 25.9 Å². The summed E-state index contributed by atoms with van der Waals surface area (Å²) in [7, 11) is 0. The van der Waals surface area contributed by atoms with Crippen molar-refractivity contribution in [3.63, 3.8) is 0 Å². The molecule has 1 unspecified atom stereocenters. The maximum absolute atomic E-state index is 12.3. The highest BCUT2D eigenvalue weighted by molar-refractivity contribution is 7.99. The molecule has 0 spiro atoms. The Morgan fingerprint density at radius 3 is 3.00 bits per heavy atom. The molecule has 1 aromatic rings. The third kappa shape index (κ3) is 4.67. The van der Waals surface area contributed by atoms with E-state index in [-0.39, 0.29) is 18.5 Å². The molecule has 0 aliphatic carbocycles. The average molecular weight is 308 g/mol. The summed E-state index contributed by atoms with van der Waals surface area (Å²) in [5, 5.41) is 11.8. The van der Waals surface area contributed by atoms with E-state index in [4.69, 9.17) is 5.11 Å². The van der Waals surface area contributed by atoms with Gasteiger partial charge in [0.2, 0.25) is 0 Å². The number of aliphatic carboxylic acids is 1. The van der Waals surface area contributed by atoms with Crippen LogP contribution in [0, 0.1) is 6.92 Å². The molecule has 1 aromatic carbocycles. The minimum absolute atomic E-state index is 0.00483. The highest BCUT2D eigenvalue weighted by Gasteiger charge is 2.28. The van der Waals surface area contributed by atoms with Crippen LogP contribution in [0.5, 0.6) is 0 Å². The van der Waals surface area contributed by atoms with Crippen molar-refractivity contribution >= 4 is 23.8 Å². The molecule has 0 radical (unpaired) electrons. The van der Waals surface area contributed by atoms with Gasteiger partial charge in [-0.25, -0.2) is 4.79 Å². The van der Waals surface area contributed by atoms with E-state index < -0.39 is 5.97 Å². The number of nitrogens with one attached hydrogen (secondary N) is 1. The molecule has 2 N–H and O–H groups in total. The van der Waals surface area contributed by atoms with Crippen LogP contribution in [0.1, 0.15) is 17.5 Å². The molecule has 2 amide bonds. The highest BCUT2D eigenvalue weighted by Crippen LogP contribution is 2.19. The van der Waals surface area contributed by atoms with Crippen LogP contribution in [0.15, 0.2) is 24.3 Å². The highest BCUT2D eigenvalue weighted by atomic mass is 32.2. The van der Waals surface area contributed by atoms with Gasteiger partial charge in [-0.2, -0.15) is 11.8 Å². The number of hydrogen-bond acceptors (Lipinski definition) is 3. The third-order valence-electron chi connectivity index (χ3n) is 3.42. The van der Waals surface area contributed by atoms with Crippen molar-refractivity contribution < 1.29 is 14.7 Å². The van der Waals surface area contributed by atoms with Crippen LogP contribution < -0.4 is 5.32 Å². The van der Waals surface area contributed by atoms with Gasteiger partial charge in [0.1, 0.15) is 0 Å². The van der Waals surface area contributed by atoms with Gasteiger partial charge >= 0.3 is 12.0 Å². The van der Waals surface area contributed by atoms with Crippen molar-refractivity contribution in [2.24, 2.45) is 0 Å². The molecular weight excluding hydrogens is 288 g/mol. The number of carbonyl (C=O) groups excluding carboxylic acids is 1. The van der Waals surface area contributed by atoms with Crippen LogP contribution >= 0.6 is 11.8 Å². The second-order valence-electron chi connectivity index (χ2n) is 5.17. The quantitative estimate of drug-likeness (QED) is 0.893. The maximum atomic E-state index is 12.3. The van der Waals surface area contributed by atoms with Gasteiger partial charge in [0.05, 0.1) is 12.5 Å². The topological polar surface area (TPSA) is 69.6 Å². The Bertz CT molecular complexity index is 521. The van der Waals surface area contributed by atoms with Crippen molar-refractivity contribution in [3.05, 3.63) is 35.4 Å². The molecule has 0 bridgehead atoms. The van der Waals surface area contributed by atoms with E-state index in [0.717, 1.165) is 16.9 Å². The van der Waals surface area contributed by atoms with Gasteiger partial charge in [-0.15, -0.1) is 0 Å². The normalized spacial score (nSPS) is 18.3. The lowest BCUT2D eigenvalue weighted by Crippen LogP contribution is -2.51. The van der Waals surface area contributed by atoms with Gasteiger partial charge < -0.3 is 15.3 Å². The summed E-state index contributed by atoms with van der Waals surface area (Å²) in [6.07, 6.45) is 0.00483. The Kier molecular flexibility index (Phi) is 5.50. The summed E-state index contributed by atoms with van der Waals surface area (Å²) >= 11 is 1.70. The number of rotatable bonds is 4. The number of carbonyl (C=O) groups is 2. The molecule has 1 atom stereocenters. The number of nitrogens with zero attached hydrogens (tertiary/aromatic N) is 1. The van der Waals surface area contributed by atoms with E-state index in [1.165, 1.54) is 0 Å². The molecule has 1 saturated heterocycles. The predicted molar refractivity (Wildman–Crippen MR) is 83.5 cm³/mol. The van der Waals surface area contributed by atoms with Gasteiger partial charge in [-0.05, 0) is 12.5 Å². The van der Waals surface area contributed by atoms with E-state index in [1.807, 2.05) is 31.2 Å². The Morgan fingerprint density at radius 2 is 2.29 bits per heavy atom. The molecule has 1 fully saturated rings. The number of urea groups is 1. The van der Waals surface area contributed by atoms with E-state index in [2.05, 4.69) is 5.32 Å². The fourth-order valence-electron chi connectivity index (χ4n) is 2.39. The monoisotopic (exact) mass is 308 g/mol. The van der Waals surface area contributed by atoms with Gasteiger partial charge in [0.15, 0.2) is 0 Å². The van der Waals surface area contributed by atoms with Crippen molar-refractivity contribution in [1.29, 1.82) is 0 Å². The first-order chi connectivity index (χ1) is 10.1. The zero-order valence-corrected chi connectivity index (χ0v) is 12.9. The third-order valence-corrected chi connectivity index (χ3v) is 4.52. The van der Waals surface area contributed by atoms with Crippen LogP contribution in [0.4, 0.5) is 4.79 Å². The molecule has 1 aliphatic rings. The van der Waals surface area contributed by atoms with E-state index >= 15 is 0 Å². The lowest BCUT2D eigenvalue weighted by Gasteiger charge is -2.34. The summed E-state index contributed by atoms with van der Waals surface area (Å²) in [6.45, 7) is 3.07. The SMILES string of the molecule is Cc1cccc(CNC(=O)N2CCSCC2CC(=O)O)c1. The zero-order chi connectivity index (χ0) is 15.2. The molecule has 2 rings (SSSR count). The van der Waals surface area contributed by atoms with Crippen molar-refractivity contribution in [1.82, 2.24) is 10.2 Å².